The van der Waals surface area contributed by atoms with E-state index in [9.17, 15) is 9.59 Å². The summed E-state index contributed by atoms with van der Waals surface area (Å²) in [7, 11) is 0. The number of hydrogen-bond acceptors (Lipinski definition) is 6. The van der Waals surface area contributed by atoms with Gasteiger partial charge in [-0.25, -0.2) is 4.98 Å². The number of likely N-dealkylation sites (tertiary alicyclic amines) is 1. The highest BCUT2D eigenvalue weighted by atomic mass is 32.1. The third-order valence-electron chi connectivity index (χ3n) is 4.05. The van der Waals surface area contributed by atoms with Crippen molar-refractivity contribution in [1.82, 2.24) is 15.2 Å². The first-order chi connectivity index (χ1) is 11.5. The quantitative estimate of drug-likeness (QED) is 0.850. The number of aromatic nitrogens is 1. The Morgan fingerprint density at radius 1 is 1.46 bits per heavy atom. The Labute approximate surface area is 143 Å². The molecule has 0 aromatic carbocycles. The van der Waals surface area contributed by atoms with E-state index in [4.69, 9.17) is 10.2 Å². The predicted octanol–water partition coefficient (Wildman–Crippen LogP) is 1.39. The highest BCUT2D eigenvalue weighted by Crippen LogP contribution is 2.28. The summed E-state index contributed by atoms with van der Waals surface area (Å²) in [4.78, 5) is 30.7. The van der Waals surface area contributed by atoms with E-state index in [1.165, 1.54) is 11.3 Å². The van der Waals surface area contributed by atoms with Crippen molar-refractivity contribution in [3.63, 3.8) is 0 Å². The lowest BCUT2D eigenvalue weighted by molar-refractivity contribution is -0.119. The third kappa shape index (κ3) is 3.82. The normalized spacial score (nSPS) is 16.2. The number of rotatable bonds is 5. The molecule has 0 unspecified atom stereocenters. The van der Waals surface area contributed by atoms with Gasteiger partial charge in [-0.1, -0.05) is 0 Å². The number of amides is 2. The fourth-order valence-electron chi connectivity index (χ4n) is 2.82. The van der Waals surface area contributed by atoms with E-state index in [0.717, 1.165) is 30.8 Å². The van der Waals surface area contributed by atoms with Crippen molar-refractivity contribution in [2.24, 2.45) is 5.73 Å². The van der Waals surface area contributed by atoms with Crippen molar-refractivity contribution < 1.29 is 14.0 Å². The molecule has 3 N–H and O–H groups in total. The van der Waals surface area contributed by atoms with Crippen molar-refractivity contribution in [3.05, 3.63) is 29.0 Å². The lowest BCUT2D eigenvalue weighted by Gasteiger charge is -2.31. The second kappa shape index (κ2) is 7.14. The van der Waals surface area contributed by atoms with Gasteiger partial charge < -0.3 is 15.5 Å². The summed E-state index contributed by atoms with van der Waals surface area (Å²) in [6, 6.07) is 3.72. The van der Waals surface area contributed by atoms with Crippen LogP contribution >= 0.6 is 11.3 Å². The molecule has 2 aromatic heterocycles. The summed E-state index contributed by atoms with van der Waals surface area (Å²) in [5, 5.41) is 3.75. The Balaban J connectivity index is 1.59. The van der Waals surface area contributed by atoms with Crippen molar-refractivity contribution in [3.8, 4) is 10.8 Å². The first-order valence-electron chi connectivity index (χ1n) is 7.85. The molecule has 3 heterocycles. The molecule has 0 atom stereocenters. The van der Waals surface area contributed by atoms with E-state index < -0.39 is 0 Å². The summed E-state index contributed by atoms with van der Waals surface area (Å²) in [5.41, 5.74) is 5.66. The van der Waals surface area contributed by atoms with Crippen LogP contribution in [0.15, 0.2) is 22.8 Å². The maximum Gasteiger partial charge on any atom is 0.271 e. The van der Waals surface area contributed by atoms with Crippen LogP contribution in [0.25, 0.3) is 10.8 Å². The van der Waals surface area contributed by atoms with E-state index in [1.807, 2.05) is 17.9 Å². The van der Waals surface area contributed by atoms with Crippen LogP contribution in [-0.2, 0) is 4.79 Å². The molecule has 7 nitrogen and oxygen atoms in total. The Kier molecular flexibility index (Phi) is 4.96. The van der Waals surface area contributed by atoms with Crippen LogP contribution in [0.5, 0.6) is 0 Å². The molecule has 0 spiro atoms. The van der Waals surface area contributed by atoms with E-state index in [2.05, 4.69) is 10.3 Å². The zero-order chi connectivity index (χ0) is 17.1. The number of carbonyl (C=O) groups is 2. The van der Waals surface area contributed by atoms with Crippen molar-refractivity contribution in [2.75, 3.05) is 19.6 Å². The molecule has 0 bridgehead atoms. The Bertz CT molecular complexity index is 718. The Morgan fingerprint density at radius 2 is 2.21 bits per heavy atom. The van der Waals surface area contributed by atoms with Crippen LogP contribution in [0.2, 0.25) is 0 Å². The van der Waals surface area contributed by atoms with Gasteiger partial charge >= 0.3 is 0 Å². The molecule has 0 aliphatic carbocycles. The average molecular weight is 348 g/mol. The molecule has 1 saturated heterocycles. The second-order valence-electron chi connectivity index (χ2n) is 5.89. The minimum atomic E-state index is -0.318. The minimum absolute atomic E-state index is 0.0924. The molecule has 128 valence electrons. The van der Waals surface area contributed by atoms with Gasteiger partial charge in [0.1, 0.15) is 5.69 Å². The average Bonchev–Trinajstić information content (AvgIpc) is 3.18. The number of nitrogens with two attached hydrogens (primary N) is 1. The fraction of sp³-hybridized carbons (Fsp3) is 0.438. The third-order valence-corrected chi connectivity index (χ3v) is 5.03. The van der Waals surface area contributed by atoms with Crippen LogP contribution in [0.1, 0.15) is 28.2 Å². The maximum absolute atomic E-state index is 12.5. The lowest BCUT2D eigenvalue weighted by Crippen LogP contribution is -2.46. The zero-order valence-electron chi connectivity index (χ0n) is 13.4. The van der Waals surface area contributed by atoms with Crippen molar-refractivity contribution in [1.29, 1.82) is 0 Å². The maximum atomic E-state index is 12.5. The smallest absolute Gasteiger partial charge is 0.271 e. The van der Waals surface area contributed by atoms with Crippen molar-refractivity contribution >= 4 is 23.2 Å². The minimum Gasteiger partial charge on any atom is -0.462 e. The predicted molar refractivity (Wildman–Crippen MR) is 90.7 cm³/mol. The molecule has 1 aliphatic heterocycles. The topological polar surface area (TPSA) is 101 Å². The SMILES string of the molecule is Cc1sc(-c2ccco2)nc1C(=O)NC1CCN(CC(N)=O)CC1. The van der Waals surface area contributed by atoms with E-state index in [0.29, 0.717) is 16.5 Å². The summed E-state index contributed by atoms with van der Waals surface area (Å²) in [6.45, 7) is 3.66. The number of piperidine rings is 1. The number of carbonyl (C=O) groups excluding carboxylic acids is 2. The first-order valence-corrected chi connectivity index (χ1v) is 8.67. The van der Waals surface area contributed by atoms with Crippen LogP contribution in [-0.4, -0.2) is 47.4 Å². The number of hydrogen-bond donors (Lipinski definition) is 2. The fourth-order valence-corrected chi connectivity index (χ4v) is 3.70. The molecule has 0 saturated carbocycles. The molecule has 2 aromatic rings. The monoisotopic (exact) mass is 348 g/mol. The largest absolute Gasteiger partial charge is 0.462 e. The highest BCUT2D eigenvalue weighted by Gasteiger charge is 2.24. The molecular formula is C16H20N4O3S. The number of thiazole rings is 1. The molecule has 1 fully saturated rings. The summed E-state index contributed by atoms with van der Waals surface area (Å²) < 4.78 is 5.33. The standard InChI is InChI=1S/C16H20N4O3S/c1-10-14(19-16(24-10)12-3-2-8-23-12)15(22)18-11-4-6-20(7-5-11)9-13(17)21/h2-3,8,11H,4-7,9H2,1H3,(H2,17,21)(H,18,22). The van der Waals surface area contributed by atoms with E-state index in [-0.39, 0.29) is 24.4 Å². The van der Waals surface area contributed by atoms with Crippen LogP contribution in [0.4, 0.5) is 0 Å². The number of aryl methyl sites for hydroxylation is 1. The molecule has 3 rings (SSSR count). The first kappa shape index (κ1) is 16.7. The van der Waals surface area contributed by atoms with Crippen LogP contribution in [0.3, 0.4) is 0 Å². The lowest BCUT2D eigenvalue weighted by atomic mass is 10.0. The van der Waals surface area contributed by atoms with E-state index in [1.54, 1.807) is 12.3 Å². The van der Waals surface area contributed by atoms with Gasteiger partial charge in [-0.2, -0.15) is 0 Å². The molecule has 1 aliphatic rings. The van der Waals surface area contributed by atoms with Gasteiger partial charge in [-0.3, -0.25) is 14.5 Å². The van der Waals surface area contributed by atoms with Crippen molar-refractivity contribution in [2.45, 2.75) is 25.8 Å². The van der Waals surface area contributed by atoms with Crippen LogP contribution in [0, 0.1) is 6.92 Å². The van der Waals surface area contributed by atoms with Gasteiger partial charge in [-0.15, -0.1) is 11.3 Å². The summed E-state index contributed by atoms with van der Waals surface area (Å²) in [5.74, 6) is 0.192. The highest BCUT2D eigenvalue weighted by molar-refractivity contribution is 7.15. The number of nitrogens with zero attached hydrogens (tertiary/aromatic N) is 2. The molecule has 24 heavy (non-hydrogen) atoms. The van der Waals surface area contributed by atoms with Gasteiger partial charge in [0, 0.05) is 24.0 Å². The van der Waals surface area contributed by atoms with Gasteiger partial charge in [0.05, 0.1) is 12.8 Å². The molecular weight excluding hydrogens is 328 g/mol. The van der Waals surface area contributed by atoms with Crippen LogP contribution < -0.4 is 11.1 Å². The Morgan fingerprint density at radius 3 is 2.83 bits per heavy atom. The molecule has 0 radical (unpaired) electrons. The Hall–Kier alpha value is -2.19. The summed E-state index contributed by atoms with van der Waals surface area (Å²) in [6.07, 6.45) is 3.19. The number of furan rings is 1. The van der Waals surface area contributed by atoms with Gasteiger partial charge in [-0.05, 0) is 31.9 Å². The number of nitrogens with one attached hydrogen (secondary N) is 1. The van der Waals surface area contributed by atoms with Gasteiger partial charge in [0.25, 0.3) is 5.91 Å². The number of primary amides is 1. The van der Waals surface area contributed by atoms with Gasteiger partial charge in [0.15, 0.2) is 10.8 Å². The zero-order valence-corrected chi connectivity index (χ0v) is 14.3. The molecule has 2 amide bonds. The van der Waals surface area contributed by atoms with Gasteiger partial charge in [0.2, 0.25) is 5.91 Å². The summed E-state index contributed by atoms with van der Waals surface area (Å²) >= 11 is 1.44. The second-order valence-corrected chi connectivity index (χ2v) is 7.09. The van der Waals surface area contributed by atoms with E-state index >= 15 is 0 Å². The molecule has 8 heteroatoms.